The van der Waals surface area contributed by atoms with E-state index in [1.54, 1.807) is 7.11 Å². The van der Waals surface area contributed by atoms with Crippen molar-refractivity contribution in [2.24, 2.45) is 0 Å². The van der Waals surface area contributed by atoms with Gasteiger partial charge < -0.3 is 14.8 Å². The van der Waals surface area contributed by atoms with Crippen molar-refractivity contribution in [3.8, 4) is 0 Å². The van der Waals surface area contributed by atoms with E-state index in [-0.39, 0.29) is 5.60 Å². The molecule has 0 spiro atoms. The Kier molecular flexibility index (Phi) is 8.53. The van der Waals surface area contributed by atoms with E-state index in [1.165, 1.54) is 0 Å². The van der Waals surface area contributed by atoms with E-state index in [9.17, 15) is 0 Å². The van der Waals surface area contributed by atoms with Crippen molar-refractivity contribution in [2.75, 3.05) is 33.4 Å². The monoisotopic (exact) mass is 229 g/mol. The highest BCUT2D eigenvalue weighted by atomic mass is 16.5. The fourth-order valence-electron chi connectivity index (χ4n) is 1.13. The highest BCUT2D eigenvalue weighted by molar-refractivity contribution is 4.96. The SMILES string of the molecule is C=C(CNCCC)COCCC(C)(C)OC. The third-order valence-electron chi connectivity index (χ3n) is 2.51. The van der Waals surface area contributed by atoms with Gasteiger partial charge in [-0.1, -0.05) is 13.5 Å². The third-order valence-corrected chi connectivity index (χ3v) is 2.51. The van der Waals surface area contributed by atoms with Crippen LogP contribution in [-0.2, 0) is 9.47 Å². The minimum Gasteiger partial charge on any atom is -0.379 e. The Hall–Kier alpha value is -0.380. The predicted octanol–water partition coefficient (Wildman–Crippen LogP) is 2.37. The van der Waals surface area contributed by atoms with Gasteiger partial charge in [0, 0.05) is 20.3 Å². The van der Waals surface area contributed by atoms with E-state index in [1.807, 2.05) is 0 Å². The summed E-state index contributed by atoms with van der Waals surface area (Å²) in [4.78, 5) is 0. The lowest BCUT2D eigenvalue weighted by molar-refractivity contribution is -0.00725. The van der Waals surface area contributed by atoms with Crippen LogP contribution in [0.2, 0.25) is 0 Å². The molecule has 0 aromatic heterocycles. The van der Waals surface area contributed by atoms with Crippen LogP contribution in [0.5, 0.6) is 0 Å². The van der Waals surface area contributed by atoms with Gasteiger partial charge in [-0.25, -0.2) is 0 Å². The zero-order chi connectivity index (χ0) is 12.4. The second kappa shape index (κ2) is 8.74. The number of nitrogens with one attached hydrogen (secondary N) is 1. The van der Waals surface area contributed by atoms with E-state index in [2.05, 4.69) is 32.7 Å². The highest BCUT2D eigenvalue weighted by Crippen LogP contribution is 2.12. The van der Waals surface area contributed by atoms with E-state index in [0.717, 1.165) is 31.5 Å². The van der Waals surface area contributed by atoms with E-state index in [4.69, 9.17) is 9.47 Å². The van der Waals surface area contributed by atoms with Crippen LogP contribution in [0.25, 0.3) is 0 Å². The van der Waals surface area contributed by atoms with Crippen molar-refractivity contribution >= 4 is 0 Å². The van der Waals surface area contributed by atoms with E-state index >= 15 is 0 Å². The fourth-order valence-corrected chi connectivity index (χ4v) is 1.13. The summed E-state index contributed by atoms with van der Waals surface area (Å²) in [5.74, 6) is 0. The van der Waals surface area contributed by atoms with Gasteiger partial charge in [-0.15, -0.1) is 0 Å². The minimum atomic E-state index is -0.0954. The number of methoxy groups -OCH3 is 1. The first-order chi connectivity index (χ1) is 7.52. The Bertz CT molecular complexity index is 190. The molecule has 0 aromatic rings. The number of hydrogen-bond donors (Lipinski definition) is 1. The number of rotatable bonds is 10. The first kappa shape index (κ1) is 15.6. The lowest BCUT2D eigenvalue weighted by Gasteiger charge is -2.22. The fraction of sp³-hybridized carbons (Fsp3) is 0.846. The summed E-state index contributed by atoms with van der Waals surface area (Å²) in [6.07, 6.45) is 2.05. The largest absolute Gasteiger partial charge is 0.379 e. The maximum absolute atomic E-state index is 5.54. The van der Waals surface area contributed by atoms with Crippen molar-refractivity contribution in [3.05, 3.63) is 12.2 Å². The second-order valence-corrected chi connectivity index (χ2v) is 4.69. The van der Waals surface area contributed by atoms with Gasteiger partial charge in [-0.05, 0) is 38.8 Å². The molecule has 0 aliphatic carbocycles. The standard InChI is InChI=1S/C13H27NO2/c1-6-8-14-10-12(2)11-16-9-7-13(3,4)15-5/h14H,2,6-11H2,1,3-5H3. The molecule has 0 radical (unpaired) electrons. The minimum absolute atomic E-state index is 0.0954. The van der Waals surface area contributed by atoms with E-state index < -0.39 is 0 Å². The molecule has 0 fully saturated rings. The van der Waals surface area contributed by atoms with Crippen LogP contribution in [0, 0.1) is 0 Å². The van der Waals surface area contributed by atoms with Gasteiger partial charge in [0.1, 0.15) is 0 Å². The van der Waals surface area contributed by atoms with Gasteiger partial charge in [0.2, 0.25) is 0 Å². The quantitative estimate of drug-likeness (QED) is 0.461. The highest BCUT2D eigenvalue weighted by Gasteiger charge is 2.15. The maximum atomic E-state index is 5.54. The molecular formula is C13H27NO2. The lowest BCUT2D eigenvalue weighted by Crippen LogP contribution is -2.25. The van der Waals surface area contributed by atoms with E-state index in [0.29, 0.717) is 13.2 Å². The predicted molar refractivity (Wildman–Crippen MR) is 68.8 cm³/mol. The summed E-state index contributed by atoms with van der Waals surface area (Å²) < 4.78 is 10.9. The first-order valence-corrected chi connectivity index (χ1v) is 6.02. The molecule has 1 N–H and O–H groups in total. The molecule has 3 nitrogen and oxygen atoms in total. The second-order valence-electron chi connectivity index (χ2n) is 4.69. The molecule has 0 atom stereocenters. The van der Waals surface area contributed by atoms with Crippen LogP contribution in [0.3, 0.4) is 0 Å². The summed E-state index contributed by atoms with van der Waals surface area (Å²) in [5, 5.41) is 3.30. The number of hydrogen-bond acceptors (Lipinski definition) is 3. The van der Waals surface area contributed by atoms with Crippen molar-refractivity contribution in [3.63, 3.8) is 0 Å². The van der Waals surface area contributed by atoms with Gasteiger partial charge >= 0.3 is 0 Å². The molecule has 96 valence electrons. The summed E-state index contributed by atoms with van der Waals surface area (Å²) in [6.45, 7) is 13.5. The van der Waals surface area contributed by atoms with Crippen LogP contribution >= 0.6 is 0 Å². The van der Waals surface area contributed by atoms with Crippen LogP contribution < -0.4 is 5.32 Å². The Morgan fingerprint density at radius 1 is 1.38 bits per heavy atom. The molecule has 0 unspecified atom stereocenters. The van der Waals surface area contributed by atoms with Gasteiger partial charge in [0.25, 0.3) is 0 Å². The summed E-state index contributed by atoms with van der Waals surface area (Å²) in [5.41, 5.74) is 1.01. The molecule has 0 aliphatic heterocycles. The topological polar surface area (TPSA) is 30.5 Å². The molecule has 16 heavy (non-hydrogen) atoms. The smallest absolute Gasteiger partial charge is 0.0686 e. The Balaban J connectivity index is 3.41. The van der Waals surface area contributed by atoms with Crippen molar-refractivity contribution in [2.45, 2.75) is 39.2 Å². The summed E-state index contributed by atoms with van der Waals surface area (Å²) in [6, 6.07) is 0. The van der Waals surface area contributed by atoms with Gasteiger partial charge in [-0.3, -0.25) is 0 Å². The van der Waals surface area contributed by atoms with Crippen molar-refractivity contribution in [1.82, 2.24) is 5.32 Å². The van der Waals surface area contributed by atoms with Gasteiger partial charge in [-0.2, -0.15) is 0 Å². The Morgan fingerprint density at radius 2 is 2.06 bits per heavy atom. The van der Waals surface area contributed by atoms with Crippen LogP contribution in [0.1, 0.15) is 33.6 Å². The molecule has 0 saturated carbocycles. The molecule has 0 heterocycles. The van der Waals surface area contributed by atoms with Crippen LogP contribution in [0.4, 0.5) is 0 Å². The zero-order valence-electron chi connectivity index (χ0n) is 11.3. The molecule has 0 aliphatic rings. The molecule has 0 rings (SSSR count). The lowest BCUT2D eigenvalue weighted by atomic mass is 10.1. The first-order valence-electron chi connectivity index (χ1n) is 6.02. The van der Waals surface area contributed by atoms with Crippen molar-refractivity contribution < 1.29 is 9.47 Å². The van der Waals surface area contributed by atoms with Crippen molar-refractivity contribution in [1.29, 1.82) is 0 Å². The molecule has 0 bridgehead atoms. The normalized spacial score (nSPS) is 11.8. The maximum Gasteiger partial charge on any atom is 0.0686 e. The van der Waals surface area contributed by atoms with Gasteiger partial charge in [0.05, 0.1) is 12.2 Å². The molecule has 0 saturated heterocycles. The third kappa shape index (κ3) is 8.89. The Morgan fingerprint density at radius 3 is 2.62 bits per heavy atom. The zero-order valence-corrected chi connectivity index (χ0v) is 11.3. The molecule has 0 aromatic carbocycles. The van der Waals surface area contributed by atoms with Crippen LogP contribution in [0.15, 0.2) is 12.2 Å². The van der Waals surface area contributed by atoms with Crippen LogP contribution in [-0.4, -0.2) is 39.0 Å². The Labute approximate surface area is 100 Å². The van der Waals surface area contributed by atoms with Gasteiger partial charge in [0.15, 0.2) is 0 Å². The molecule has 0 amide bonds. The number of ether oxygens (including phenoxy) is 2. The summed E-state index contributed by atoms with van der Waals surface area (Å²) >= 11 is 0. The molecule has 3 heteroatoms. The molecular weight excluding hydrogens is 202 g/mol. The average Bonchev–Trinajstić information content (AvgIpc) is 2.25. The average molecular weight is 229 g/mol. The summed E-state index contributed by atoms with van der Waals surface area (Å²) in [7, 11) is 1.73.